The average molecular weight is 230 g/mol. The summed E-state index contributed by atoms with van der Waals surface area (Å²) in [6.07, 6.45) is 2.03. The Morgan fingerprint density at radius 3 is 2.38 bits per heavy atom. The largest absolute Gasteiger partial charge is 0.383 e. The third kappa shape index (κ3) is 5.47. The molecule has 0 heterocycles. The number of ether oxygens (including phenoxy) is 1. The van der Waals surface area contributed by atoms with E-state index in [1.807, 2.05) is 6.92 Å². The van der Waals surface area contributed by atoms with Gasteiger partial charge in [0, 0.05) is 19.2 Å². The minimum absolute atomic E-state index is 0.0326. The predicted molar refractivity (Wildman–Crippen MR) is 66.5 cm³/mol. The summed E-state index contributed by atoms with van der Waals surface area (Å²) in [7, 11) is 1.62. The van der Waals surface area contributed by atoms with E-state index in [1.54, 1.807) is 7.11 Å². The number of rotatable bonds is 8. The molecule has 0 aliphatic carbocycles. The molecular formula is C12H26N2O2. The maximum absolute atomic E-state index is 11.7. The summed E-state index contributed by atoms with van der Waals surface area (Å²) in [6.45, 7) is 9.42. The normalized spacial score (nSPS) is 13.6. The maximum atomic E-state index is 11.7. The van der Waals surface area contributed by atoms with Crippen LogP contribution >= 0.6 is 0 Å². The van der Waals surface area contributed by atoms with Crippen molar-refractivity contribution in [1.82, 2.24) is 10.6 Å². The Labute approximate surface area is 99.1 Å². The van der Waals surface area contributed by atoms with Crippen molar-refractivity contribution in [2.75, 3.05) is 20.3 Å². The second-order valence-corrected chi connectivity index (χ2v) is 4.42. The van der Waals surface area contributed by atoms with Crippen LogP contribution < -0.4 is 10.6 Å². The third-order valence-electron chi connectivity index (χ3n) is 3.12. The van der Waals surface area contributed by atoms with Gasteiger partial charge in [0.15, 0.2) is 0 Å². The number of carbonyl (C=O) groups is 1. The number of hydrogen-bond donors (Lipinski definition) is 2. The highest BCUT2D eigenvalue weighted by Crippen LogP contribution is 2.14. The lowest BCUT2D eigenvalue weighted by Gasteiger charge is -2.31. The summed E-state index contributed by atoms with van der Waals surface area (Å²) in [6, 6.07) is -0.165. The molecule has 96 valence electrons. The van der Waals surface area contributed by atoms with Crippen molar-refractivity contribution in [2.24, 2.45) is 0 Å². The standard InChI is InChI=1S/C12H26N2O2/c1-6-12(4,7-2)14-10(3)11(15)13-8-9-16-5/h10,14H,6-9H2,1-5H3,(H,13,15). The highest BCUT2D eigenvalue weighted by molar-refractivity contribution is 5.81. The lowest BCUT2D eigenvalue weighted by Crippen LogP contribution is -2.52. The molecule has 0 aliphatic rings. The van der Waals surface area contributed by atoms with Crippen molar-refractivity contribution >= 4 is 5.91 Å². The van der Waals surface area contributed by atoms with Crippen molar-refractivity contribution < 1.29 is 9.53 Å². The quantitative estimate of drug-likeness (QED) is 0.618. The molecule has 0 aromatic heterocycles. The molecular weight excluding hydrogens is 204 g/mol. The van der Waals surface area contributed by atoms with Crippen molar-refractivity contribution in [3.8, 4) is 0 Å². The van der Waals surface area contributed by atoms with Gasteiger partial charge < -0.3 is 15.4 Å². The summed E-state index contributed by atoms with van der Waals surface area (Å²) in [5.41, 5.74) is 0.0397. The Hall–Kier alpha value is -0.610. The van der Waals surface area contributed by atoms with E-state index in [0.717, 1.165) is 12.8 Å². The Morgan fingerprint density at radius 2 is 1.94 bits per heavy atom. The van der Waals surface area contributed by atoms with Crippen molar-refractivity contribution in [1.29, 1.82) is 0 Å². The second-order valence-electron chi connectivity index (χ2n) is 4.42. The fourth-order valence-electron chi connectivity index (χ4n) is 1.47. The lowest BCUT2D eigenvalue weighted by atomic mass is 9.94. The van der Waals surface area contributed by atoms with Crippen LogP contribution in [0.3, 0.4) is 0 Å². The zero-order valence-corrected chi connectivity index (χ0v) is 11.2. The van der Waals surface area contributed by atoms with E-state index >= 15 is 0 Å². The van der Waals surface area contributed by atoms with Crippen LogP contribution in [-0.2, 0) is 9.53 Å². The first-order valence-corrected chi connectivity index (χ1v) is 6.03. The van der Waals surface area contributed by atoms with Crippen LogP contribution in [0.2, 0.25) is 0 Å². The molecule has 0 radical (unpaired) electrons. The third-order valence-corrected chi connectivity index (χ3v) is 3.12. The van der Waals surface area contributed by atoms with Gasteiger partial charge >= 0.3 is 0 Å². The fourth-order valence-corrected chi connectivity index (χ4v) is 1.47. The Balaban J connectivity index is 4.03. The van der Waals surface area contributed by atoms with E-state index in [0.29, 0.717) is 13.2 Å². The molecule has 0 saturated heterocycles. The van der Waals surface area contributed by atoms with Gasteiger partial charge in [-0.3, -0.25) is 4.79 Å². The molecule has 0 aliphatic heterocycles. The fraction of sp³-hybridized carbons (Fsp3) is 0.917. The van der Waals surface area contributed by atoms with E-state index in [4.69, 9.17) is 4.74 Å². The summed E-state index contributed by atoms with van der Waals surface area (Å²) in [5.74, 6) is 0.0326. The van der Waals surface area contributed by atoms with E-state index in [-0.39, 0.29) is 17.5 Å². The van der Waals surface area contributed by atoms with Crippen LogP contribution in [0.15, 0.2) is 0 Å². The molecule has 1 amide bonds. The predicted octanol–water partition coefficient (Wildman–Crippen LogP) is 1.31. The number of carbonyl (C=O) groups excluding carboxylic acids is 1. The van der Waals surface area contributed by atoms with Crippen molar-refractivity contribution in [2.45, 2.75) is 52.1 Å². The molecule has 2 N–H and O–H groups in total. The van der Waals surface area contributed by atoms with Gasteiger partial charge in [-0.1, -0.05) is 13.8 Å². The van der Waals surface area contributed by atoms with E-state index in [2.05, 4.69) is 31.4 Å². The zero-order chi connectivity index (χ0) is 12.6. The van der Waals surface area contributed by atoms with Crippen molar-refractivity contribution in [3.05, 3.63) is 0 Å². The monoisotopic (exact) mass is 230 g/mol. The van der Waals surface area contributed by atoms with Gasteiger partial charge in [-0.05, 0) is 26.7 Å². The Kier molecular flexibility index (Phi) is 7.34. The molecule has 0 aromatic carbocycles. The number of hydrogen-bond acceptors (Lipinski definition) is 3. The van der Waals surface area contributed by atoms with E-state index in [1.165, 1.54) is 0 Å². The number of methoxy groups -OCH3 is 1. The molecule has 0 rings (SSSR count). The molecule has 4 nitrogen and oxygen atoms in total. The first-order chi connectivity index (χ1) is 7.49. The highest BCUT2D eigenvalue weighted by atomic mass is 16.5. The van der Waals surface area contributed by atoms with Crippen LogP contribution in [0, 0.1) is 0 Å². The second kappa shape index (κ2) is 7.63. The Bertz CT molecular complexity index is 203. The average Bonchev–Trinajstić information content (AvgIpc) is 2.29. The molecule has 0 bridgehead atoms. The smallest absolute Gasteiger partial charge is 0.236 e. The number of amides is 1. The molecule has 4 heteroatoms. The summed E-state index contributed by atoms with van der Waals surface area (Å²) >= 11 is 0. The lowest BCUT2D eigenvalue weighted by molar-refractivity contribution is -0.123. The van der Waals surface area contributed by atoms with Crippen molar-refractivity contribution in [3.63, 3.8) is 0 Å². The van der Waals surface area contributed by atoms with E-state index in [9.17, 15) is 4.79 Å². The summed E-state index contributed by atoms with van der Waals surface area (Å²) in [4.78, 5) is 11.7. The maximum Gasteiger partial charge on any atom is 0.236 e. The zero-order valence-electron chi connectivity index (χ0n) is 11.2. The van der Waals surface area contributed by atoms with Crippen LogP contribution in [-0.4, -0.2) is 37.7 Å². The molecule has 0 aromatic rings. The number of nitrogens with one attached hydrogen (secondary N) is 2. The summed E-state index contributed by atoms with van der Waals surface area (Å²) < 4.78 is 4.88. The van der Waals surface area contributed by atoms with Crippen LogP contribution in [0.1, 0.15) is 40.5 Å². The van der Waals surface area contributed by atoms with Gasteiger partial charge in [-0.15, -0.1) is 0 Å². The topological polar surface area (TPSA) is 50.4 Å². The minimum Gasteiger partial charge on any atom is -0.383 e. The Morgan fingerprint density at radius 1 is 1.38 bits per heavy atom. The molecule has 1 unspecified atom stereocenters. The minimum atomic E-state index is -0.165. The van der Waals surface area contributed by atoms with Gasteiger partial charge in [-0.25, -0.2) is 0 Å². The first kappa shape index (κ1) is 15.4. The van der Waals surface area contributed by atoms with Gasteiger partial charge in [0.05, 0.1) is 12.6 Å². The van der Waals surface area contributed by atoms with Gasteiger partial charge in [0.1, 0.15) is 0 Å². The van der Waals surface area contributed by atoms with Gasteiger partial charge in [0.2, 0.25) is 5.91 Å². The van der Waals surface area contributed by atoms with Crippen LogP contribution in [0.4, 0.5) is 0 Å². The molecule has 1 atom stereocenters. The molecule has 0 spiro atoms. The van der Waals surface area contributed by atoms with Crippen LogP contribution in [0.5, 0.6) is 0 Å². The SMILES string of the molecule is CCC(C)(CC)NC(C)C(=O)NCCOC. The summed E-state index contributed by atoms with van der Waals surface area (Å²) in [5, 5.41) is 6.19. The van der Waals surface area contributed by atoms with E-state index < -0.39 is 0 Å². The highest BCUT2D eigenvalue weighted by Gasteiger charge is 2.24. The molecule has 0 fully saturated rings. The first-order valence-electron chi connectivity index (χ1n) is 6.03. The van der Waals surface area contributed by atoms with Crippen LogP contribution in [0.25, 0.3) is 0 Å². The molecule has 0 saturated carbocycles. The van der Waals surface area contributed by atoms with Gasteiger partial charge in [-0.2, -0.15) is 0 Å². The molecule has 16 heavy (non-hydrogen) atoms. The van der Waals surface area contributed by atoms with Gasteiger partial charge in [0.25, 0.3) is 0 Å².